The molecule has 1 heterocycles. The van der Waals surface area contributed by atoms with Gasteiger partial charge in [0.1, 0.15) is 10.4 Å². The van der Waals surface area contributed by atoms with Crippen LogP contribution in [0.1, 0.15) is 51.4 Å². The van der Waals surface area contributed by atoms with Crippen LogP contribution in [-0.2, 0) is 11.4 Å². The summed E-state index contributed by atoms with van der Waals surface area (Å²) in [7, 11) is 0. The number of rotatable bonds is 4. The van der Waals surface area contributed by atoms with Crippen LogP contribution in [-0.4, -0.2) is 14.3 Å². The van der Waals surface area contributed by atoms with E-state index in [1.54, 1.807) is 6.07 Å². The summed E-state index contributed by atoms with van der Waals surface area (Å²) < 4.78 is 39.1. The monoisotopic (exact) mass is 276 g/mol. The minimum atomic E-state index is -2.56. The first-order valence-electron chi connectivity index (χ1n) is 5.64. The molecule has 3 nitrogen and oxygen atoms in total. The minimum absolute atomic E-state index is 0.204. The lowest BCUT2D eigenvalue weighted by molar-refractivity contribution is 0.146. The Balaban J connectivity index is 2.70. The van der Waals surface area contributed by atoms with E-state index in [4.69, 9.17) is 0 Å². The molecule has 1 N–H and O–H groups in total. The second-order valence-electron chi connectivity index (χ2n) is 5.04. The highest BCUT2D eigenvalue weighted by molar-refractivity contribution is 7.90. The van der Waals surface area contributed by atoms with E-state index in [2.05, 4.69) is 9.71 Å². The zero-order valence-electron chi connectivity index (χ0n) is 10.9. The third-order valence-corrected chi connectivity index (χ3v) is 4.05. The highest BCUT2D eigenvalue weighted by atomic mass is 32.2. The van der Waals surface area contributed by atoms with Crippen LogP contribution in [0.25, 0.3) is 0 Å². The Morgan fingerprint density at radius 2 is 1.94 bits per heavy atom. The Kier molecular flexibility index (Phi) is 5.07. The number of nitrogens with zero attached hydrogens (tertiary/aromatic N) is 1. The van der Waals surface area contributed by atoms with Crippen molar-refractivity contribution in [2.45, 2.75) is 44.9 Å². The summed E-state index contributed by atoms with van der Waals surface area (Å²) in [5.74, 6) is 0. The van der Waals surface area contributed by atoms with E-state index in [1.807, 2.05) is 27.7 Å². The fourth-order valence-corrected chi connectivity index (χ4v) is 2.02. The second kappa shape index (κ2) is 5.95. The zero-order chi connectivity index (χ0) is 13.9. The smallest absolute Gasteiger partial charge is 0.280 e. The molecule has 0 aliphatic carbocycles. The van der Waals surface area contributed by atoms with Crippen LogP contribution < -0.4 is 4.72 Å². The van der Waals surface area contributed by atoms with E-state index >= 15 is 0 Å². The van der Waals surface area contributed by atoms with Gasteiger partial charge in [-0.2, -0.15) is 0 Å². The van der Waals surface area contributed by atoms with E-state index in [-0.39, 0.29) is 16.5 Å². The quantitative estimate of drug-likeness (QED) is 0.859. The summed E-state index contributed by atoms with van der Waals surface area (Å²) in [6, 6.07) is 2.66. The van der Waals surface area contributed by atoms with Crippen molar-refractivity contribution in [3.63, 3.8) is 0 Å². The first kappa shape index (κ1) is 15.3. The van der Waals surface area contributed by atoms with Gasteiger partial charge in [0, 0.05) is 17.6 Å². The summed E-state index contributed by atoms with van der Waals surface area (Å²) in [6.45, 7) is 7.41. The van der Waals surface area contributed by atoms with E-state index < -0.39 is 17.8 Å². The molecule has 0 fully saturated rings. The lowest BCUT2D eigenvalue weighted by Crippen LogP contribution is -2.40. The van der Waals surface area contributed by atoms with Gasteiger partial charge >= 0.3 is 0 Å². The summed E-state index contributed by atoms with van der Waals surface area (Å²) >= 11 is -1.21. The molecule has 0 aromatic carbocycles. The van der Waals surface area contributed by atoms with Gasteiger partial charge in [0.25, 0.3) is 6.43 Å². The van der Waals surface area contributed by atoms with Crippen molar-refractivity contribution in [3.8, 4) is 0 Å². The van der Waals surface area contributed by atoms with Crippen LogP contribution in [0.15, 0.2) is 18.3 Å². The van der Waals surface area contributed by atoms with Gasteiger partial charge in [-0.25, -0.2) is 8.78 Å². The second-order valence-corrected chi connectivity index (χ2v) is 7.04. The van der Waals surface area contributed by atoms with Crippen LogP contribution in [0.5, 0.6) is 0 Å². The summed E-state index contributed by atoms with van der Waals surface area (Å²) in [5, 5.41) is 0. The Bertz CT molecular complexity index is 379. The molecule has 0 aliphatic heterocycles. The van der Waals surface area contributed by atoms with Gasteiger partial charge in [-0.05, 0) is 39.3 Å². The lowest BCUT2D eigenvalue weighted by Gasteiger charge is -2.26. The number of hydrogen-bond acceptors (Lipinski definition) is 3. The molecular formula is C12H18F2N2OS. The fourth-order valence-electron chi connectivity index (χ4n) is 1.21. The van der Waals surface area contributed by atoms with Gasteiger partial charge in [-0.15, -0.1) is 4.72 Å². The molecule has 0 radical (unpaired) electrons. The molecule has 2 unspecified atom stereocenters. The maximum Gasteiger partial charge on any atom is 0.280 e. The average molecular weight is 276 g/mol. The zero-order valence-corrected chi connectivity index (χ0v) is 11.7. The van der Waals surface area contributed by atoms with Crippen molar-refractivity contribution < 1.29 is 13.3 Å². The third-order valence-electron chi connectivity index (χ3n) is 2.37. The number of halogens is 2. The van der Waals surface area contributed by atoms with Crippen molar-refractivity contribution in [3.05, 3.63) is 29.6 Å². The van der Waals surface area contributed by atoms with Crippen LogP contribution >= 0.6 is 0 Å². The number of hydrogen-bond donors (Lipinski definition) is 1. The number of nitrogens with one attached hydrogen (secondary N) is 1. The fraction of sp³-hybridized carbons (Fsp3) is 0.583. The molecule has 0 amide bonds. The number of aromatic nitrogens is 1. The molecule has 0 aliphatic rings. The summed E-state index contributed by atoms with van der Waals surface area (Å²) in [4.78, 5) is 3.68. The maximum absolute atomic E-state index is 12.3. The van der Waals surface area contributed by atoms with Crippen LogP contribution in [0.2, 0.25) is 0 Å². The van der Waals surface area contributed by atoms with E-state index in [1.165, 1.54) is 12.3 Å². The highest BCUT2D eigenvalue weighted by Crippen LogP contribution is 2.21. The van der Waals surface area contributed by atoms with Gasteiger partial charge in [-0.3, -0.25) is 4.98 Å². The predicted molar refractivity (Wildman–Crippen MR) is 68.6 cm³/mol. The molecular weight excluding hydrogens is 258 g/mol. The first-order valence-corrected chi connectivity index (χ1v) is 6.79. The summed E-state index contributed by atoms with van der Waals surface area (Å²) in [6.07, 6.45) is -1.18. The molecule has 2 atom stereocenters. The Labute approximate surface area is 109 Å². The van der Waals surface area contributed by atoms with Crippen molar-refractivity contribution in [2.75, 3.05) is 0 Å². The van der Waals surface area contributed by atoms with Gasteiger partial charge < -0.3 is 4.55 Å². The van der Waals surface area contributed by atoms with Crippen LogP contribution in [0.3, 0.4) is 0 Å². The van der Waals surface area contributed by atoms with E-state index in [0.29, 0.717) is 0 Å². The topological polar surface area (TPSA) is 48.0 Å². The van der Waals surface area contributed by atoms with Gasteiger partial charge in [0.2, 0.25) is 0 Å². The molecule has 0 spiro atoms. The molecule has 1 rings (SSSR count). The molecule has 6 heteroatoms. The minimum Gasteiger partial charge on any atom is -0.598 e. The van der Waals surface area contributed by atoms with Crippen molar-refractivity contribution >= 4 is 11.4 Å². The maximum atomic E-state index is 12.3. The standard InChI is InChI=1S/C12H18F2N2OS/c1-8(16-18(17)12(2,3)4)9-5-6-10(11(13)14)15-7-9/h5-8,11,16H,1-4H3. The molecule has 1 aromatic rings. The highest BCUT2D eigenvalue weighted by Gasteiger charge is 2.28. The molecule has 18 heavy (non-hydrogen) atoms. The van der Waals surface area contributed by atoms with E-state index in [0.717, 1.165) is 5.56 Å². The van der Waals surface area contributed by atoms with Crippen LogP contribution in [0, 0.1) is 0 Å². The Morgan fingerprint density at radius 1 is 1.33 bits per heavy atom. The Morgan fingerprint density at radius 3 is 2.33 bits per heavy atom. The normalized spacial score (nSPS) is 15.8. The molecule has 1 aromatic heterocycles. The van der Waals surface area contributed by atoms with Gasteiger partial charge in [0.15, 0.2) is 0 Å². The largest absolute Gasteiger partial charge is 0.598 e. The lowest BCUT2D eigenvalue weighted by atomic mass is 10.1. The number of pyridine rings is 1. The first-order chi connectivity index (χ1) is 8.21. The number of alkyl halides is 2. The SMILES string of the molecule is CC(N[S+]([O-])C(C)(C)C)c1ccc(C(F)F)nc1. The third kappa shape index (κ3) is 4.19. The average Bonchev–Trinajstić information content (AvgIpc) is 2.27. The van der Waals surface area contributed by atoms with Crippen molar-refractivity contribution in [1.29, 1.82) is 0 Å². The van der Waals surface area contributed by atoms with Crippen LogP contribution in [0.4, 0.5) is 8.78 Å². The van der Waals surface area contributed by atoms with Gasteiger partial charge in [-0.1, -0.05) is 6.07 Å². The van der Waals surface area contributed by atoms with Crippen molar-refractivity contribution in [1.82, 2.24) is 9.71 Å². The molecule has 0 saturated carbocycles. The van der Waals surface area contributed by atoms with Crippen molar-refractivity contribution in [2.24, 2.45) is 0 Å². The van der Waals surface area contributed by atoms with E-state index in [9.17, 15) is 13.3 Å². The summed E-state index contributed by atoms with van der Waals surface area (Å²) in [5.41, 5.74) is 0.486. The Hall–Kier alpha value is -0.720. The predicted octanol–water partition coefficient (Wildman–Crippen LogP) is 3.13. The molecule has 0 bridgehead atoms. The molecule has 102 valence electrons. The van der Waals surface area contributed by atoms with Gasteiger partial charge in [0.05, 0.1) is 6.04 Å². The molecule has 0 saturated heterocycles.